The average molecular weight is 581 g/mol. The third kappa shape index (κ3) is 10.5. The van der Waals surface area contributed by atoms with Gasteiger partial charge in [0.1, 0.15) is 11.9 Å². The molecule has 1 atom stereocenters. The Balaban J connectivity index is 1.57. The zero-order valence-corrected chi connectivity index (χ0v) is 23.8. The summed E-state index contributed by atoms with van der Waals surface area (Å²) in [6.45, 7) is 8.63. The molecule has 0 saturated heterocycles. The van der Waals surface area contributed by atoms with Crippen molar-refractivity contribution < 1.29 is 32.6 Å². The third-order valence-electron chi connectivity index (χ3n) is 6.57. The Hall–Kier alpha value is -3.32. The van der Waals surface area contributed by atoms with Crippen LogP contribution in [0.4, 0.5) is 19.0 Å². The van der Waals surface area contributed by atoms with E-state index in [1.54, 1.807) is 0 Å². The van der Waals surface area contributed by atoms with Crippen molar-refractivity contribution in [2.24, 2.45) is 0 Å². The molecule has 0 saturated carbocycles. The maximum absolute atomic E-state index is 13.3. The molecule has 1 aliphatic rings. The number of ether oxygens (including phenoxy) is 1. The van der Waals surface area contributed by atoms with E-state index in [9.17, 15) is 27.9 Å². The SMILES string of the molecule is CC(C)(C)OCCN(CCCCc1ccc2c(n1)NCCC2)CCC(NC(=O)c1nccnc1C(F)(F)F)C(=O)O. The highest BCUT2D eigenvalue weighted by atomic mass is 19.4. The van der Waals surface area contributed by atoms with Gasteiger partial charge in [0.15, 0.2) is 11.4 Å². The number of carbonyl (C=O) groups is 2. The first-order valence-corrected chi connectivity index (χ1v) is 13.8. The van der Waals surface area contributed by atoms with Crippen LogP contribution in [0.15, 0.2) is 24.5 Å². The lowest BCUT2D eigenvalue weighted by Gasteiger charge is -2.27. The fourth-order valence-electron chi connectivity index (χ4n) is 4.47. The van der Waals surface area contributed by atoms with E-state index in [-0.39, 0.29) is 12.0 Å². The van der Waals surface area contributed by atoms with Crippen molar-refractivity contribution in [3.8, 4) is 0 Å². The van der Waals surface area contributed by atoms with Crippen LogP contribution in [-0.2, 0) is 28.5 Å². The molecule has 0 radical (unpaired) electrons. The number of rotatable bonds is 14. The second kappa shape index (κ2) is 14.5. The van der Waals surface area contributed by atoms with E-state index < -0.39 is 35.5 Å². The van der Waals surface area contributed by atoms with Crippen molar-refractivity contribution in [1.29, 1.82) is 0 Å². The van der Waals surface area contributed by atoms with E-state index in [1.165, 1.54) is 5.56 Å². The van der Waals surface area contributed by atoms with Gasteiger partial charge in [0.05, 0.1) is 12.2 Å². The number of nitrogens with zero attached hydrogens (tertiary/aromatic N) is 4. The Morgan fingerprint density at radius 1 is 1.12 bits per heavy atom. The number of fused-ring (bicyclic) bond motifs is 1. The molecule has 226 valence electrons. The summed E-state index contributed by atoms with van der Waals surface area (Å²) in [6, 6.07) is 2.77. The molecule has 0 aliphatic carbocycles. The molecular weight excluding hydrogens is 541 g/mol. The van der Waals surface area contributed by atoms with Gasteiger partial charge >= 0.3 is 12.1 Å². The minimum absolute atomic E-state index is 0.0176. The van der Waals surface area contributed by atoms with Crippen molar-refractivity contribution in [3.05, 3.63) is 47.2 Å². The van der Waals surface area contributed by atoms with E-state index in [1.807, 2.05) is 25.7 Å². The highest BCUT2D eigenvalue weighted by Crippen LogP contribution is 2.29. The number of pyridine rings is 1. The lowest BCUT2D eigenvalue weighted by Crippen LogP contribution is -2.44. The van der Waals surface area contributed by atoms with Crippen molar-refractivity contribution in [3.63, 3.8) is 0 Å². The lowest BCUT2D eigenvalue weighted by atomic mass is 10.1. The van der Waals surface area contributed by atoms with Gasteiger partial charge in [-0.15, -0.1) is 0 Å². The summed E-state index contributed by atoms with van der Waals surface area (Å²) in [5.74, 6) is -1.64. The number of hydrogen-bond acceptors (Lipinski definition) is 8. The van der Waals surface area contributed by atoms with Crippen molar-refractivity contribution in [2.75, 3.05) is 38.1 Å². The molecule has 2 aromatic rings. The van der Waals surface area contributed by atoms with E-state index in [0.29, 0.717) is 26.2 Å². The minimum atomic E-state index is -4.91. The zero-order valence-electron chi connectivity index (χ0n) is 23.8. The fraction of sp³-hybridized carbons (Fsp3) is 0.607. The number of unbranched alkanes of at least 4 members (excludes halogenated alkanes) is 1. The number of hydrogen-bond donors (Lipinski definition) is 3. The Labute approximate surface area is 238 Å². The number of aliphatic carboxylic acids is 1. The van der Waals surface area contributed by atoms with Gasteiger partial charge in [-0.05, 0) is 77.5 Å². The molecule has 1 unspecified atom stereocenters. The quantitative estimate of drug-likeness (QED) is 0.284. The molecule has 2 aromatic heterocycles. The summed E-state index contributed by atoms with van der Waals surface area (Å²) in [5.41, 5.74) is -0.530. The number of anilines is 1. The first kappa shape index (κ1) is 32.2. The van der Waals surface area contributed by atoms with Crippen LogP contribution >= 0.6 is 0 Å². The van der Waals surface area contributed by atoms with Crippen LogP contribution in [0.1, 0.15) is 73.9 Å². The predicted octanol–water partition coefficient (Wildman–Crippen LogP) is 3.96. The smallest absolute Gasteiger partial charge is 0.435 e. The van der Waals surface area contributed by atoms with Crippen molar-refractivity contribution in [1.82, 2.24) is 25.2 Å². The molecule has 0 fully saturated rings. The monoisotopic (exact) mass is 580 g/mol. The highest BCUT2D eigenvalue weighted by molar-refractivity contribution is 5.95. The predicted molar refractivity (Wildman–Crippen MR) is 147 cm³/mol. The van der Waals surface area contributed by atoms with Gasteiger partial charge in [0.2, 0.25) is 0 Å². The van der Waals surface area contributed by atoms with Crippen molar-refractivity contribution in [2.45, 2.75) is 77.1 Å². The molecule has 10 nitrogen and oxygen atoms in total. The molecule has 0 aromatic carbocycles. The highest BCUT2D eigenvalue weighted by Gasteiger charge is 2.38. The number of carboxylic acid groups (broad SMARTS) is 1. The van der Waals surface area contributed by atoms with E-state index in [2.05, 4.69) is 32.7 Å². The second-order valence-corrected chi connectivity index (χ2v) is 11.0. The van der Waals surface area contributed by atoms with E-state index in [4.69, 9.17) is 9.72 Å². The maximum Gasteiger partial charge on any atom is 0.435 e. The Morgan fingerprint density at radius 2 is 1.88 bits per heavy atom. The Kier molecular flexibility index (Phi) is 11.4. The zero-order chi connectivity index (χ0) is 30.0. The summed E-state index contributed by atoms with van der Waals surface area (Å²) in [5, 5.41) is 15.2. The van der Waals surface area contributed by atoms with Gasteiger partial charge in [-0.25, -0.2) is 19.7 Å². The van der Waals surface area contributed by atoms with Gasteiger partial charge in [-0.2, -0.15) is 13.2 Å². The molecule has 0 spiro atoms. The molecule has 3 heterocycles. The number of carboxylic acids is 1. The largest absolute Gasteiger partial charge is 0.480 e. The van der Waals surface area contributed by atoms with Crippen LogP contribution in [0.5, 0.6) is 0 Å². The summed E-state index contributed by atoms with van der Waals surface area (Å²) in [7, 11) is 0. The topological polar surface area (TPSA) is 130 Å². The lowest BCUT2D eigenvalue weighted by molar-refractivity contribution is -0.141. The van der Waals surface area contributed by atoms with Gasteiger partial charge in [-0.3, -0.25) is 4.79 Å². The van der Waals surface area contributed by atoms with Gasteiger partial charge in [-0.1, -0.05) is 6.07 Å². The standard InChI is InChI=1S/C28H39F3N6O4/c1-27(2,3)41-18-17-37(15-5-4-8-20-10-9-19-7-6-12-34-24(19)35-20)16-11-21(26(39)40)36-25(38)22-23(28(29,30)31)33-14-13-32-22/h9-10,13-14,21H,4-8,11-12,15-18H2,1-3H3,(H,34,35)(H,36,38)(H,39,40). The number of nitrogens with one attached hydrogen (secondary N) is 2. The van der Waals surface area contributed by atoms with Crippen LogP contribution in [0.25, 0.3) is 0 Å². The Morgan fingerprint density at radius 3 is 2.59 bits per heavy atom. The normalized spacial score (nSPS) is 14.3. The van der Waals surface area contributed by atoms with Crippen molar-refractivity contribution >= 4 is 17.7 Å². The first-order valence-electron chi connectivity index (χ1n) is 13.8. The second-order valence-electron chi connectivity index (χ2n) is 11.0. The number of aromatic nitrogens is 3. The van der Waals surface area contributed by atoms with E-state index in [0.717, 1.165) is 62.6 Å². The van der Waals surface area contributed by atoms with Crippen LogP contribution in [0, 0.1) is 0 Å². The summed E-state index contributed by atoms with van der Waals surface area (Å²) < 4.78 is 45.6. The maximum atomic E-state index is 13.3. The van der Waals surface area contributed by atoms with Gasteiger partial charge in [0, 0.05) is 37.7 Å². The third-order valence-corrected chi connectivity index (χ3v) is 6.57. The molecule has 1 amide bonds. The van der Waals surface area contributed by atoms with Crippen LogP contribution < -0.4 is 10.6 Å². The number of halogens is 3. The summed E-state index contributed by atoms with van der Waals surface area (Å²) in [6.07, 6.45) is 1.47. The summed E-state index contributed by atoms with van der Waals surface area (Å²) >= 11 is 0. The van der Waals surface area contributed by atoms with Crippen LogP contribution in [-0.4, -0.2) is 81.3 Å². The Bertz CT molecular complexity index is 1170. The molecule has 3 N–H and O–H groups in total. The minimum Gasteiger partial charge on any atom is -0.480 e. The van der Waals surface area contributed by atoms with Gasteiger partial charge < -0.3 is 25.4 Å². The summed E-state index contributed by atoms with van der Waals surface area (Å²) in [4.78, 5) is 37.9. The fourth-order valence-corrected chi connectivity index (χ4v) is 4.47. The number of carbonyl (C=O) groups excluding carboxylic acids is 1. The van der Waals surface area contributed by atoms with E-state index >= 15 is 0 Å². The average Bonchev–Trinajstić information content (AvgIpc) is 2.91. The molecule has 13 heteroatoms. The first-order chi connectivity index (χ1) is 19.3. The van der Waals surface area contributed by atoms with Crippen LogP contribution in [0.3, 0.4) is 0 Å². The molecule has 3 rings (SSSR count). The van der Waals surface area contributed by atoms with Crippen LogP contribution in [0.2, 0.25) is 0 Å². The number of alkyl halides is 3. The molecule has 1 aliphatic heterocycles. The molecule has 41 heavy (non-hydrogen) atoms. The number of amides is 1. The molecule has 0 bridgehead atoms. The van der Waals surface area contributed by atoms with Gasteiger partial charge in [0.25, 0.3) is 5.91 Å². The molecular formula is C28H39F3N6O4. The number of aryl methyl sites for hydroxylation is 2.